The number of benzene rings is 1. The topological polar surface area (TPSA) is 46.5 Å². The highest BCUT2D eigenvalue weighted by atomic mass is 79.9. The van der Waals surface area contributed by atoms with Gasteiger partial charge in [0.15, 0.2) is 0 Å². The molecule has 0 aliphatic heterocycles. The van der Waals surface area contributed by atoms with Crippen molar-refractivity contribution in [1.82, 2.24) is 0 Å². The second kappa shape index (κ2) is 6.27. The van der Waals surface area contributed by atoms with Crippen molar-refractivity contribution < 1.29 is 14.6 Å². The number of carbonyl (C=O) groups excluding carboxylic acids is 1. The summed E-state index contributed by atoms with van der Waals surface area (Å²) in [6.07, 6.45) is 0.403. The van der Waals surface area contributed by atoms with Gasteiger partial charge in [0, 0.05) is 10.9 Å². The highest BCUT2D eigenvalue weighted by molar-refractivity contribution is 9.10. The Kier molecular flexibility index (Phi) is 5.39. The predicted molar refractivity (Wildman–Crippen MR) is 83.5 cm³/mol. The van der Waals surface area contributed by atoms with E-state index in [9.17, 15) is 9.90 Å². The summed E-state index contributed by atoms with van der Waals surface area (Å²) in [6.45, 7) is 8.83. The van der Waals surface area contributed by atoms with Crippen LogP contribution in [0.4, 0.5) is 0 Å². The van der Waals surface area contributed by atoms with Crippen LogP contribution in [-0.2, 0) is 16.0 Å². The lowest BCUT2D eigenvalue weighted by atomic mass is 9.85. The molecule has 0 aliphatic carbocycles. The molecule has 0 heterocycles. The first-order valence-corrected chi connectivity index (χ1v) is 7.50. The minimum Gasteiger partial charge on any atom is -0.460 e. The molecule has 0 bridgehead atoms. The normalized spacial score (nSPS) is 16.4. The Bertz CT molecular complexity index is 458. The number of aliphatic hydroxyl groups is 1. The standard InChI is InChI=1S/C16H23BrO3/c1-11(14(18)20-15(2,3)4)16(5,19)10-12-6-8-13(17)9-7-12/h6-9,11,19H,10H2,1-5H3. The van der Waals surface area contributed by atoms with Crippen LogP contribution in [0, 0.1) is 5.92 Å². The van der Waals surface area contributed by atoms with Crippen LogP contribution in [0.1, 0.15) is 40.2 Å². The van der Waals surface area contributed by atoms with Crippen LogP contribution in [0.15, 0.2) is 28.7 Å². The van der Waals surface area contributed by atoms with Crippen LogP contribution >= 0.6 is 15.9 Å². The van der Waals surface area contributed by atoms with E-state index < -0.39 is 17.1 Å². The van der Waals surface area contributed by atoms with E-state index in [1.807, 2.05) is 45.0 Å². The molecule has 0 spiro atoms. The van der Waals surface area contributed by atoms with Crippen molar-refractivity contribution in [2.45, 2.75) is 52.2 Å². The smallest absolute Gasteiger partial charge is 0.312 e. The molecule has 0 saturated carbocycles. The third-order valence-electron chi connectivity index (χ3n) is 3.17. The van der Waals surface area contributed by atoms with Gasteiger partial charge in [-0.1, -0.05) is 28.1 Å². The number of hydrogen-bond acceptors (Lipinski definition) is 3. The Balaban J connectivity index is 2.76. The van der Waals surface area contributed by atoms with E-state index in [-0.39, 0.29) is 5.97 Å². The van der Waals surface area contributed by atoms with Crippen molar-refractivity contribution in [3.05, 3.63) is 34.3 Å². The lowest BCUT2D eigenvalue weighted by Gasteiger charge is -2.31. The molecule has 1 N–H and O–H groups in total. The fraction of sp³-hybridized carbons (Fsp3) is 0.562. The van der Waals surface area contributed by atoms with Gasteiger partial charge in [0.05, 0.1) is 11.5 Å². The molecular formula is C16H23BrO3. The quantitative estimate of drug-likeness (QED) is 0.848. The summed E-state index contributed by atoms with van der Waals surface area (Å²) in [5, 5.41) is 10.6. The van der Waals surface area contributed by atoms with Crippen molar-refractivity contribution in [3.8, 4) is 0 Å². The monoisotopic (exact) mass is 342 g/mol. The Labute approximate surface area is 129 Å². The van der Waals surface area contributed by atoms with Crippen LogP contribution < -0.4 is 0 Å². The van der Waals surface area contributed by atoms with Crippen molar-refractivity contribution in [3.63, 3.8) is 0 Å². The van der Waals surface area contributed by atoms with Gasteiger partial charge in [-0.25, -0.2) is 0 Å². The molecule has 112 valence electrons. The summed E-state index contributed by atoms with van der Waals surface area (Å²) >= 11 is 3.37. The lowest BCUT2D eigenvalue weighted by Crippen LogP contribution is -2.42. The van der Waals surface area contributed by atoms with E-state index >= 15 is 0 Å². The molecule has 0 amide bonds. The Morgan fingerprint density at radius 1 is 1.25 bits per heavy atom. The number of halogens is 1. The molecule has 1 aromatic carbocycles. The van der Waals surface area contributed by atoms with Crippen LogP contribution in [0.25, 0.3) is 0 Å². The van der Waals surface area contributed by atoms with E-state index in [2.05, 4.69) is 15.9 Å². The molecule has 0 radical (unpaired) electrons. The third kappa shape index (κ3) is 5.25. The van der Waals surface area contributed by atoms with Gasteiger partial charge in [0.2, 0.25) is 0 Å². The number of rotatable bonds is 4. The van der Waals surface area contributed by atoms with Crippen LogP contribution in [-0.4, -0.2) is 22.3 Å². The van der Waals surface area contributed by atoms with Gasteiger partial charge in [-0.15, -0.1) is 0 Å². The van der Waals surface area contributed by atoms with Crippen molar-refractivity contribution in [1.29, 1.82) is 0 Å². The number of ether oxygens (including phenoxy) is 1. The maximum Gasteiger partial charge on any atom is 0.312 e. The lowest BCUT2D eigenvalue weighted by molar-refractivity contribution is -0.167. The number of carbonyl (C=O) groups is 1. The number of hydrogen-bond donors (Lipinski definition) is 1. The fourth-order valence-corrected chi connectivity index (χ4v) is 2.08. The van der Waals surface area contributed by atoms with Crippen LogP contribution in [0.2, 0.25) is 0 Å². The number of esters is 1. The van der Waals surface area contributed by atoms with Crippen molar-refractivity contribution >= 4 is 21.9 Å². The molecule has 0 saturated heterocycles. The largest absolute Gasteiger partial charge is 0.460 e. The van der Waals surface area contributed by atoms with E-state index in [1.165, 1.54) is 0 Å². The SMILES string of the molecule is CC(C(=O)OC(C)(C)C)C(C)(O)Cc1ccc(Br)cc1. The maximum atomic E-state index is 12.1. The first-order chi connectivity index (χ1) is 9.01. The summed E-state index contributed by atoms with van der Waals surface area (Å²) in [5.74, 6) is -0.968. The van der Waals surface area contributed by atoms with E-state index in [0.717, 1.165) is 10.0 Å². The molecule has 1 aromatic rings. The highest BCUT2D eigenvalue weighted by Gasteiger charge is 2.36. The second-order valence-corrected chi connectivity index (χ2v) is 7.33. The maximum absolute atomic E-state index is 12.1. The summed E-state index contributed by atoms with van der Waals surface area (Å²) in [7, 11) is 0. The van der Waals surface area contributed by atoms with Gasteiger partial charge in [-0.2, -0.15) is 0 Å². The zero-order valence-electron chi connectivity index (χ0n) is 12.7. The van der Waals surface area contributed by atoms with Gasteiger partial charge in [-0.05, 0) is 52.3 Å². The molecule has 0 aliphatic rings. The first kappa shape index (κ1) is 17.2. The molecule has 0 aromatic heterocycles. The second-order valence-electron chi connectivity index (χ2n) is 6.42. The average molecular weight is 343 g/mol. The van der Waals surface area contributed by atoms with E-state index in [1.54, 1.807) is 13.8 Å². The van der Waals surface area contributed by atoms with Gasteiger partial charge in [0.1, 0.15) is 5.60 Å². The van der Waals surface area contributed by atoms with E-state index in [4.69, 9.17) is 4.74 Å². The van der Waals surface area contributed by atoms with Crippen LogP contribution in [0.5, 0.6) is 0 Å². The Morgan fingerprint density at radius 2 is 1.75 bits per heavy atom. The summed E-state index contributed by atoms with van der Waals surface area (Å²) in [5.41, 5.74) is -0.705. The summed E-state index contributed by atoms with van der Waals surface area (Å²) in [6, 6.07) is 7.70. The van der Waals surface area contributed by atoms with Gasteiger partial charge in [0.25, 0.3) is 0 Å². The highest BCUT2D eigenvalue weighted by Crippen LogP contribution is 2.25. The molecule has 0 fully saturated rings. The zero-order chi connectivity index (χ0) is 15.6. The Morgan fingerprint density at radius 3 is 2.20 bits per heavy atom. The fourth-order valence-electron chi connectivity index (χ4n) is 1.81. The third-order valence-corrected chi connectivity index (χ3v) is 3.70. The van der Waals surface area contributed by atoms with Crippen LogP contribution in [0.3, 0.4) is 0 Å². The molecular weight excluding hydrogens is 320 g/mol. The summed E-state index contributed by atoms with van der Waals surface area (Å²) < 4.78 is 6.32. The molecule has 4 heteroatoms. The molecule has 20 heavy (non-hydrogen) atoms. The van der Waals surface area contributed by atoms with Gasteiger partial charge >= 0.3 is 5.97 Å². The minimum absolute atomic E-state index is 0.375. The van der Waals surface area contributed by atoms with Crippen molar-refractivity contribution in [2.75, 3.05) is 0 Å². The van der Waals surface area contributed by atoms with Gasteiger partial charge < -0.3 is 9.84 Å². The van der Waals surface area contributed by atoms with Crippen molar-refractivity contribution in [2.24, 2.45) is 5.92 Å². The zero-order valence-corrected chi connectivity index (χ0v) is 14.3. The van der Waals surface area contributed by atoms with Gasteiger partial charge in [-0.3, -0.25) is 4.79 Å². The molecule has 1 rings (SSSR count). The summed E-state index contributed by atoms with van der Waals surface area (Å²) in [4.78, 5) is 12.1. The first-order valence-electron chi connectivity index (χ1n) is 6.71. The molecule has 3 nitrogen and oxygen atoms in total. The predicted octanol–water partition coefficient (Wildman–Crippen LogP) is 3.72. The molecule has 2 unspecified atom stereocenters. The average Bonchev–Trinajstić information content (AvgIpc) is 2.28. The molecule has 2 atom stereocenters. The Hall–Kier alpha value is -0.870. The van der Waals surface area contributed by atoms with E-state index in [0.29, 0.717) is 6.42 Å². The minimum atomic E-state index is -1.14.